The molecule has 1 aromatic rings. The van der Waals surface area contributed by atoms with Gasteiger partial charge in [-0.25, -0.2) is 0 Å². The van der Waals surface area contributed by atoms with Crippen LogP contribution >= 0.6 is 15.9 Å². The van der Waals surface area contributed by atoms with Gasteiger partial charge >= 0.3 is 0 Å². The Morgan fingerprint density at radius 1 is 1.31 bits per heavy atom. The number of rotatable bonds is 6. The van der Waals surface area contributed by atoms with E-state index in [2.05, 4.69) is 53.0 Å². The average molecular weight is 285 g/mol. The fourth-order valence-electron chi connectivity index (χ4n) is 1.71. The number of halogens is 1. The monoisotopic (exact) mass is 284 g/mol. The molecule has 0 fully saturated rings. The van der Waals surface area contributed by atoms with Gasteiger partial charge in [0.05, 0.1) is 5.69 Å². The normalized spacial score (nSPS) is 10.5. The fraction of sp³-hybridized carbons (Fsp3) is 0.538. The molecule has 0 aliphatic rings. The quantitative estimate of drug-likeness (QED) is 0.810. The van der Waals surface area contributed by atoms with Gasteiger partial charge in [-0.3, -0.25) is 0 Å². The fourth-order valence-corrected chi connectivity index (χ4v) is 2.44. The second-order valence-electron chi connectivity index (χ2n) is 4.12. The molecule has 90 valence electrons. The van der Waals surface area contributed by atoms with Crippen molar-refractivity contribution in [3.8, 4) is 0 Å². The summed E-state index contributed by atoms with van der Waals surface area (Å²) in [7, 11) is 2.14. The van der Waals surface area contributed by atoms with Crippen LogP contribution in [0.15, 0.2) is 22.7 Å². The average Bonchev–Trinajstić information content (AvgIpc) is 2.29. The zero-order valence-electron chi connectivity index (χ0n) is 10.2. The van der Waals surface area contributed by atoms with Gasteiger partial charge in [0.15, 0.2) is 0 Å². The maximum absolute atomic E-state index is 5.61. The number of hydrogen-bond donors (Lipinski definition) is 1. The van der Waals surface area contributed by atoms with Crippen LogP contribution in [-0.4, -0.2) is 13.6 Å². The van der Waals surface area contributed by atoms with Crippen LogP contribution in [0.1, 0.15) is 31.7 Å². The molecule has 0 saturated carbocycles. The Hall–Kier alpha value is -0.540. The van der Waals surface area contributed by atoms with Crippen molar-refractivity contribution < 1.29 is 0 Å². The molecule has 0 atom stereocenters. The molecule has 0 aromatic heterocycles. The Morgan fingerprint density at radius 2 is 2.06 bits per heavy atom. The van der Waals surface area contributed by atoms with Crippen molar-refractivity contribution in [2.24, 2.45) is 5.73 Å². The highest BCUT2D eigenvalue weighted by Crippen LogP contribution is 2.26. The first-order valence-electron chi connectivity index (χ1n) is 5.88. The van der Waals surface area contributed by atoms with Gasteiger partial charge in [0.1, 0.15) is 0 Å². The Labute approximate surface area is 107 Å². The molecule has 16 heavy (non-hydrogen) atoms. The van der Waals surface area contributed by atoms with E-state index < -0.39 is 0 Å². The maximum Gasteiger partial charge on any atom is 0.0508 e. The van der Waals surface area contributed by atoms with Crippen molar-refractivity contribution in [3.05, 3.63) is 28.2 Å². The molecule has 2 nitrogen and oxygen atoms in total. The molecule has 0 aliphatic carbocycles. The first kappa shape index (κ1) is 13.5. The van der Waals surface area contributed by atoms with E-state index in [0.29, 0.717) is 6.54 Å². The van der Waals surface area contributed by atoms with E-state index in [0.717, 1.165) is 16.6 Å². The van der Waals surface area contributed by atoms with Gasteiger partial charge in [-0.1, -0.05) is 25.8 Å². The Bertz CT molecular complexity index is 326. The van der Waals surface area contributed by atoms with Gasteiger partial charge in [-0.05, 0) is 40.0 Å². The van der Waals surface area contributed by atoms with E-state index in [-0.39, 0.29) is 0 Å². The summed E-state index contributed by atoms with van der Waals surface area (Å²) in [5.41, 5.74) is 8.02. The number of anilines is 1. The first-order chi connectivity index (χ1) is 7.69. The van der Waals surface area contributed by atoms with Gasteiger partial charge in [0.2, 0.25) is 0 Å². The van der Waals surface area contributed by atoms with E-state index >= 15 is 0 Å². The topological polar surface area (TPSA) is 29.3 Å². The smallest absolute Gasteiger partial charge is 0.0508 e. The van der Waals surface area contributed by atoms with E-state index in [1.165, 1.54) is 24.9 Å². The molecule has 0 heterocycles. The van der Waals surface area contributed by atoms with Crippen LogP contribution in [0.5, 0.6) is 0 Å². The van der Waals surface area contributed by atoms with Crippen molar-refractivity contribution in [1.29, 1.82) is 0 Å². The summed E-state index contributed by atoms with van der Waals surface area (Å²) in [6.45, 7) is 3.93. The number of benzene rings is 1. The van der Waals surface area contributed by atoms with Crippen LogP contribution in [-0.2, 0) is 6.54 Å². The van der Waals surface area contributed by atoms with Crippen molar-refractivity contribution >= 4 is 21.6 Å². The minimum Gasteiger partial charge on any atom is -0.374 e. The molecular formula is C13H21BrN2. The number of nitrogens with two attached hydrogens (primary N) is 1. The molecule has 0 saturated heterocycles. The van der Waals surface area contributed by atoms with Gasteiger partial charge in [0, 0.05) is 24.6 Å². The summed E-state index contributed by atoms with van der Waals surface area (Å²) in [4.78, 5) is 2.29. The lowest BCUT2D eigenvalue weighted by Crippen LogP contribution is -2.19. The Kier molecular flexibility index (Phi) is 5.85. The lowest BCUT2D eigenvalue weighted by atomic mass is 10.2. The first-order valence-corrected chi connectivity index (χ1v) is 6.68. The van der Waals surface area contributed by atoms with E-state index in [1.807, 2.05) is 0 Å². The molecule has 0 aliphatic heterocycles. The summed E-state index contributed by atoms with van der Waals surface area (Å²) < 4.78 is 1.13. The summed E-state index contributed by atoms with van der Waals surface area (Å²) in [5.74, 6) is 0. The summed E-state index contributed by atoms with van der Waals surface area (Å²) >= 11 is 3.60. The number of unbranched alkanes of at least 4 members (excludes halogenated alkanes) is 2. The molecule has 1 aromatic carbocycles. The second kappa shape index (κ2) is 6.92. The highest BCUT2D eigenvalue weighted by atomic mass is 79.9. The maximum atomic E-state index is 5.61. The van der Waals surface area contributed by atoms with Crippen LogP contribution in [0.2, 0.25) is 0 Å². The Morgan fingerprint density at radius 3 is 2.62 bits per heavy atom. The van der Waals surface area contributed by atoms with Gasteiger partial charge in [0.25, 0.3) is 0 Å². The molecule has 1 rings (SSSR count). The van der Waals surface area contributed by atoms with Gasteiger partial charge in [-0.15, -0.1) is 0 Å². The second-order valence-corrected chi connectivity index (χ2v) is 4.97. The molecule has 0 spiro atoms. The largest absolute Gasteiger partial charge is 0.374 e. The van der Waals surface area contributed by atoms with Crippen LogP contribution in [0.3, 0.4) is 0 Å². The van der Waals surface area contributed by atoms with Crippen molar-refractivity contribution in [1.82, 2.24) is 0 Å². The van der Waals surface area contributed by atoms with E-state index in [1.54, 1.807) is 0 Å². The Balaban J connectivity index is 2.64. The zero-order chi connectivity index (χ0) is 12.0. The van der Waals surface area contributed by atoms with Crippen molar-refractivity contribution in [2.45, 2.75) is 32.7 Å². The molecule has 0 unspecified atom stereocenters. The highest BCUT2D eigenvalue weighted by Gasteiger charge is 2.05. The highest BCUT2D eigenvalue weighted by molar-refractivity contribution is 9.10. The van der Waals surface area contributed by atoms with Crippen LogP contribution in [0.4, 0.5) is 5.69 Å². The minimum atomic E-state index is 0.596. The lowest BCUT2D eigenvalue weighted by Gasteiger charge is -2.21. The van der Waals surface area contributed by atoms with Crippen LogP contribution in [0, 0.1) is 0 Å². The molecular weight excluding hydrogens is 264 g/mol. The molecule has 2 N–H and O–H groups in total. The molecule has 0 radical (unpaired) electrons. The van der Waals surface area contributed by atoms with E-state index in [4.69, 9.17) is 5.73 Å². The zero-order valence-corrected chi connectivity index (χ0v) is 11.8. The summed E-state index contributed by atoms with van der Waals surface area (Å²) in [6, 6.07) is 6.33. The third kappa shape index (κ3) is 3.80. The number of nitrogens with zero attached hydrogens (tertiary/aromatic N) is 1. The third-order valence-electron chi connectivity index (χ3n) is 2.76. The van der Waals surface area contributed by atoms with Gasteiger partial charge in [-0.2, -0.15) is 0 Å². The SMILES string of the molecule is CCCCCN(C)c1ccc(CN)cc1Br. The van der Waals surface area contributed by atoms with Crippen molar-refractivity contribution in [3.63, 3.8) is 0 Å². The summed E-state index contributed by atoms with van der Waals surface area (Å²) in [6.07, 6.45) is 3.81. The lowest BCUT2D eigenvalue weighted by molar-refractivity contribution is 0.704. The van der Waals surface area contributed by atoms with Gasteiger partial charge < -0.3 is 10.6 Å². The summed E-state index contributed by atoms with van der Waals surface area (Å²) in [5, 5.41) is 0. The van der Waals surface area contributed by atoms with Crippen molar-refractivity contribution in [2.75, 3.05) is 18.5 Å². The van der Waals surface area contributed by atoms with Crippen LogP contribution < -0.4 is 10.6 Å². The molecule has 0 amide bonds. The van der Waals surface area contributed by atoms with Crippen LogP contribution in [0.25, 0.3) is 0 Å². The number of hydrogen-bond acceptors (Lipinski definition) is 2. The predicted octanol–water partition coefficient (Wildman–Crippen LogP) is 3.53. The minimum absolute atomic E-state index is 0.596. The molecule has 0 bridgehead atoms. The predicted molar refractivity (Wildman–Crippen MR) is 74.8 cm³/mol. The molecule has 3 heteroatoms. The standard InChI is InChI=1S/C13H21BrN2/c1-3-4-5-8-16(2)13-7-6-11(10-15)9-12(13)14/h6-7,9H,3-5,8,10,15H2,1-2H3. The third-order valence-corrected chi connectivity index (χ3v) is 3.39. The van der Waals surface area contributed by atoms with E-state index in [9.17, 15) is 0 Å².